The van der Waals surface area contributed by atoms with Crippen LogP contribution in [0.2, 0.25) is 0 Å². The van der Waals surface area contributed by atoms with Gasteiger partial charge in [0, 0.05) is 31.9 Å². The van der Waals surface area contributed by atoms with E-state index in [0.29, 0.717) is 43.8 Å². The molecule has 112 valence electrons. The molecule has 1 heterocycles. The summed E-state index contributed by atoms with van der Waals surface area (Å²) in [7, 11) is 2.99. The number of ether oxygens (including phenoxy) is 2. The summed E-state index contributed by atoms with van der Waals surface area (Å²) in [5, 5.41) is 5.24. The molecule has 0 aliphatic rings. The van der Waals surface area contributed by atoms with E-state index >= 15 is 0 Å². The summed E-state index contributed by atoms with van der Waals surface area (Å²) in [6.07, 6.45) is 2.89. The second-order valence-corrected chi connectivity index (χ2v) is 5.08. The van der Waals surface area contributed by atoms with Gasteiger partial charge in [-0.05, 0) is 19.3 Å². The standard InChI is InChI=1S/C13H20N2O4S/c1-18-8-4-6-11(16)15-13-14-10(9-20-13)5-3-7-12(17)19-2/h9H,3-8H2,1-2H3,(H,14,15,16). The van der Waals surface area contributed by atoms with E-state index in [0.717, 1.165) is 5.69 Å². The van der Waals surface area contributed by atoms with Gasteiger partial charge in [-0.15, -0.1) is 11.3 Å². The lowest BCUT2D eigenvalue weighted by molar-refractivity contribution is -0.140. The number of amides is 1. The van der Waals surface area contributed by atoms with Crippen LogP contribution in [0.3, 0.4) is 0 Å². The van der Waals surface area contributed by atoms with E-state index in [-0.39, 0.29) is 11.9 Å². The summed E-state index contributed by atoms with van der Waals surface area (Å²) >= 11 is 1.39. The van der Waals surface area contributed by atoms with E-state index in [1.54, 1.807) is 7.11 Å². The zero-order valence-corrected chi connectivity index (χ0v) is 12.6. The number of hydrogen-bond donors (Lipinski definition) is 1. The first-order valence-electron chi connectivity index (χ1n) is 6.45. The van der Waals surface area contributed by atoms with Gasteiger partial charge in [0.05, 0.1) is 12.8 Å². The normalized spacial score (nSPS) is 10.3. The van der Waals surface area contributed by atoms with E-state index in [4.69, 9.17) is 4.74 Å². The second kappa shape index (κ2) is 9.44. The Kier molecular flexibility index (Phi) is 7.82. The first kappa shape index (κ1) is 16.6. The Bertz CT molecular complexity index is 434. The number of aromatic nitrogens is 1. The minimum atomic E-state index is -0.216. The maximum absolute atomic E-state index is 11.6. The molecular weight excluding hydrogens is 280 g/mol. The number of aryl methyl sites for hydroxylation is 1. The lowest BCUT2D eigenvalue weighted by Gasteiger charge is -2.01. The molecule has 0 bridgehead atoms. The van der Waals surface area contributed by atoms with E-state index in [1.807, 2.05) is 5.38 Å². The van der Waals surface area contributed by atoms with Gasteiger partial charge in [0.15, 0.2) is 5.13 Å². The third kappa shape index (κ3) is 6.63. The van der Waals surface area contributed by atoms with Crippen molar-refractivity contribution in [1.29, 1.82) is 0 Å². The molecule has 1 rings (SSSR count). The number of anilines is 1. The first-order valence-corrected chi connectivity index (χ1v) is 7.33. The van der Waals surface area contributed by atoms with Crippen LogP contribution in [0, 0.1) is 0 Å². The van der Waals surface area contributed by atoms with Gasteiger partial charge in [-0.2, -0.15) is 0 Å². The zero-order valence-electron chi connectivity index (χ0n) is 11.8. The maximum Gasteiger partial charge on any atom is 0.305 e. The molecule has 0 saturated carbocycles. The Morgan fingerprint density at radius 3 is 2.80 bits per heavy atom. The van der Waals surface area contributed by atoms with Crippen LogP contribution in [0.15, 0.2) is 5.38 Å². The van der Waals surface area contributed by atoms with E-state index in [1.165, 1.54) is 18.4 Å². The number of nitrogens with one attached hydrogen (secondary N) is 1. The summed E-state index contributed by atoms with van der Waals surface area (Å²) in [6.45, 7) is 0.573. The monoisotopic (exact) mass is 300 g/mol. The maximum atomic E-state index is 11.6. The van der Waals surface area contributed by atoms with Crippen LogP contribution in [0.1, 0.15) is 31.4 Å². The second-order valence-electron chi connectivity index (χ2n) is 4.22. The minimum Gasteiger partial charge on any atom is -0.469 e. The third-order valence-electron chi connectivity index (χ3n) is 2.59. The molecule has 1 N–H and O–H groups in total. The summed E-state index contributed by atoms with van der Waals surface area (Å²) in [6, 6.07) is 0. The average Bonchev–Trinajstić information content (AvgIpc) is 2.86. The van der Waals surface area contributed by atoms with E-state index < -0.39 is 0 Å². The quantitative estimate of drug-likeness (QED) is 0.557. The molecule has 0 radical (unpaired) electrons. The van der Waals surface area contributed by atoms with E-state index in [9.17, 15) is 9.59 Å². The Morgan fingerprint density at radius 2 is 2.10 bits per heavy atom. The van der Waals surface area contributed by atoms with Gasteiger partial charge in [-0.3, -0.25) is 9.59 Å². The Labute approximate surface area is 122 Å². The molecule has 0 saturated heterocycles. The molecule has 0 aliphatic heterocycles. The van der Waals surface area contributed by atoms with Crippen LogP contribution in [-0.4, -0.2) is 37.7 Å². The zero-order chi connectivity index (χ0) is 14.8. The molecule has 0 aromatic carbocycles. The van der Waals surface area contributed by atoms with Crippen LogP contribution in [0.4, 0.5) is 5.13 Å². The Balaban J connectivity index is 2.28. The summed E-state index contributed by atoms with van der Waals surface area (Å²) in [5.74, 6) is -0.274. The van der Waals surface area contributed by atoms with Crippen LogP contribution in [0.25, 0.3) is 0 Å². The van der Waals surface area contributed by atoms with Crippen molar-refractivity contribution in [3.63, 3.8) is 0 Å². The van der Waals surface area contributed by atoms with Crippen LogP contribution < -0.4 is 5.32 Å². The highest BCUT2D eigenvalue weighted by molar-refractivity contribution is 7.13. The van der Waals surface area contributed by atoms with Crippen LogP contribution in [-0.2, 0) is 25.5 Å². The number of methoxy groups -OCH3 is 2. The fourth-order valence-electron chi connectivity index (χ4n) is 1.55. The van der Waals surface area contributed by atoms with Gasteiger partial charge in [0.25, 0.3) is 0 Å². The highest BCUT2D eigenvalue weighted by Gasteiger charge is 2.07. The number of nitrogens with zero attached hydrogens (tertiary/aromatic N) is 1. The minimum absolute atomic E-state index is 0.0579. The smallest absolute Gasteiger partial charge is 0.305 e. The lowest BCUT2D eigenvalue weighted by Crippen LogP contribution is -2.11. The molecule has 6 nitrogen and oxygen atoms in total. The highest BCUT2D eigenvalue weighted by atomic mass is 32.1. The highest BCUT2D eigenvalue weighted by Crippen LogP contribution is 2.17. The number of hydrogen-bond acceptors (Lipinski definition) is 6. The molecule has 1 amide bonds. The fourth-order valence-corrected chi connectivity index (χ4v) is 2.31. The van der Waals surface area contributed by atoms with Gasteiger partial charge in [-0.25, -0.2) is 4.98 Å². The number of carbonyl (C=O) groups excluding carboxylic acids is 2. The molecule has 1 aromatic heterocycles. The van der Waals surface area contributed by atoms with Crippen molar-refractivity contribution in [1.82, 2.24) is 4.98 Å². The molecule has 20 heavy (non-hydrogen) atoms. The molecule has 1 aromatic rings. The van der Waals surface area contributed by atoms with Crippen molar-refractivity contribution >= 4 is 28.3 Å². The average molecular weight is 300 g/mol. The lowest BCUT2D eigenvalue weighted by atomic mass is 10.2. The number of thiazole rings is 1. The van der Waals surface area contributed by atoms with Crippen molar-refractivity contribution in [2.45, 2.75) is 32.1 Å². The topological polar surface area (TPSA) is 77.5 Å². The molecule has 0 atom stereocenters. The SMILES string of the molecule is COCCCC(=O)Nc1nc(CCCC(=O)OC)cs1. The number of carbonyl (C=O) groups is 2. The first-order chi connectivity index (χ1) is 9.65. The van der Waals surface area contributed by atoms with Crippen molar-refractivity contribution < 1.29 is 19.1 Å². The number of esters is 1. The van der Waals surface area contributed by atoms with E-state index in [2.05, 4.69) is 15.0 Å². The van der Waals surface area contributed by atoms with Gasteiger partial charge in [0.1, 0.15) is 0 Å². The van der Waals surface area contributed by atoms with Crippen LogP contribution in [0.5, 0.6) is 0 Å². The van der Waals surface area contributed by atoms with Gasteiger partial charge < -0.3 is 14.8 Å². The summed E-state index contributed by atoms with van der Waals surface area (Å²) in [5.41, 5.74) is 0.881. The summed E-state index contributed by atoms with van der Waals surface area (Å²) < 4.78 is 9.46. The predicted molar refractivity (Wildman–Crippen MR) is 76.8 cm³/mol. The summed E-state index contributed by atoms with van der Waals surface area (Å²) in [4.78, 5) is 26.9. The van der Waals surface area contributed by atoms with Crippen LogP contribution >= 0.6 is 11.3 Å². The fraction of sp³-hybridized carbons (Fsp3) is 0.615. The Hall–Kier alpha value is -1.47. The Morgan fingerprint density at radius 1 is 1.30 bits per heavy atom. The molecule has 0 fully saturated rings. The third-order valence-corrected chi connectivity index (χ3v) is 3.40. The molecule has 0 unspecified atom stereocenters. The van der Waals surface area contributed by atoms with Crippen molar-refractivity contribution in [2.75, 3.05) is 26.1 Å². The largest absolute Gasteiger partial charge is 0.469 e. The molecule has 7 heteroatoms. The molecular formula is C13H20N2O4S. The van der Waals surface area contributed by atoms with Crippen molar-refractivity contribution in [2.24, 2.45) is 0 Å². The molecule has 0 aliphatic carbocycles. The van der Waals surface area contributed by atoms with Gasteiger partial charge in [-0.1, -0.05) is 0 Å². The number of rotatable bonds is 9. The predicted octanol–water partition coefficient (Wildman–Crippen LogP) is 2.00. The molecule has 0 spiro atoms. The van der Waals surface area contributed by atoms with Crippen molar-refractivity contribution in [3.05, 3.63) is 11.1 Å². The van der Waals surface area contributed by atoms with Crippen molar-refractivity contribution in [3.8, 4) is 0 Å². The van der Waals surface area contributed by atoms with Gasteiger partial charge >= 0.3 is 5.97 Å². The van der Waals surface area contributed by atoms with Gasteiger partial charge in [0.2, 0.25) is 5.91 Å².